The van der Waals surface area contributed by atoms with Gasteiger partial charge in [-0.1, -0.05) is 32.3 Å². The quantitative estimate of drug-likeness (QED) is 0.220. The Morgan fingerprint density at radius 3 is 2.07 bits per heavy atom. The molecule has 1 aromatic heterocycles. The van der Waals surface area contributed by atoms with Crippen LogP contribution in [0.1, 0.15) is 55.4 Å². The summed E-state index contributed by atoms with van der Waals surface area (Å²) in [6.07, 6.45) is 5.77. The van der Waals surface area contributed by atoms with Crippen molar-refractivity contribution in [2.45, 2.75) is 62.4 Å². The van der Waals surface area contributed by atoms with Crippen LogP contribution in [-0.2, 0) is 22.0 Å². The van der Waals surface area contributed by atoms with Crippen LogP contribution in [0.15, 0.2) is 24.3 Å². The zero-order chi connectivity index (χ0) is 22.0. The Hall–Kier alpha value is -1.33. The number of alkyl halides is 6. The fourth-order valence-electron chi connectivity index (χ4n) is 3.41. The largest absolute Gasteiger partial charge is 0.741 e. The van der Waals surface area contributed by atoms with Gasteiger partial charge < -0.3 is 4.55 Å². The third kappa shape index (κ3) is 5.85. The molecule has 1 unspecified atom stereocenters. The molecule has 1 fully saturated rings. The second-order valence-corrected chi connectivity index (χ2v) is 10.2. The first-order valence-electron chi connectivity index (χ1n) is 8.93. The van der Waals surface area contributed by atoms with Crippen molar-refractivity contribution in [2.75, 3.05) is 0 Å². The van der Waals surface area contributed by atoms with Crippen molar-refractivity contribution >= 4 is 30.7 Å². The van der Waals surface area contributed by atoms with Crippen LogP contribution in [0.4, 0.5) is 26.3 Å². The molecule has 0 spiro atoms. The van der Waals surface area contributed by atoms with E-state index < -0.39 is 31.6 Å². The first-order valence-corrected chi connectivity index (χ1v) is 11.6. The molecule has 0 aliphatic heterocycles. The predicted octanol–water partition coefficient (Wildman–Crippen LogP) is 6.73. The highest BCUT2D eigenvalue weighted by Gasteiger charge is 2.49. The van der Waals surface area contributed by atoms with E-state index in [0.29, 0.717) is 9.58 Å². The molecule has 11 heteroatoms. The Morgan fingerprint density at radius 1 is 1.07 bits per heavy atom. The number of halogens is 6. The van der Waals surface area contributed by atoms with Gasteiger partial charge in [-0.3, -0.25) is 0 Å². The molecule has 0 amide bonds. The lowest BCUT2D eigenvalue weighted by Crippen LogP contribution is -2.21. The summed E-state index contributed by atoms with van der Waals surface area (Å²) in [5.74, 6) is 0.136. The summed E-state index contributed by atoms with van der Waals surface area (Å²) in [5.41, 5.74) is -8.77. The summed E-state index contributed by atoms with van der Waals surface area (Å²) in [6, 6.07) is 7.49. The Kier molecular flexibility index (Phi) is 7.27. The van der Waals surface area contributed by atoms with Crippen molar-refractivity contribution in [1.29, 1.82) is 0 Å². The van der Waals surface area contributed by atoms with E-state index >= 15 is 0 Å². The van der Waals surface area contributed by atoms with E-state index in [0.717, 1.165) is 49.5 Å². The van der Waals surface area contributed by atoms with Crippen molar-refractivity contribution in [1.82, 2.24) is 0 Å². The van der Waals surface area contributed by atoms with Crippen LogP contribution in [0.5, 0.6) is 0 Å². The Balaban J connectivity index is 0.000000321. The molecule has 0 N–H and O–H groups in total. The first-order chi connectivity index (χ1) is 13.3. The SMILES string of the molecule is CCCc1ccc2cc(C3CCCC3)[s+](C(F)(F)F)c2c1.O=S(=O)([O-])C(F)(F)F. The molecule has 1 aliphatic carbocycles. The highest BCUT2D eigenvalue weighted by atomic mass is 32.2. The van der Waals surface area contributed by atoms with Gasteiger partial charge in [0.25, 0.3) is 0 Å². The number of benzene rings is 1. The molecule has 1 atom stereocenters. The topological polar surface area (TPSA) is 57.2 Å². The van der Waals surface area contributed by atoms with Crippen LogP contribution in [0, 0.1) is 0 Å². The van der Waals surface area contributed by atoms with Crippen molar-refractivity contribution in [2.24, 2.45) is 0 Å². The van der Waals surface area contributed by atoms with E-state index in [2.05, 4.69) is 6.92 Å². The third-order valence-corrected chi connectivity index (χ3v) is 7.39. The van der Waals surface area contributed by atoms with Crippen molar-refractivity contribution in [3.05, 3.63) is 34.7 Å². The number of fused-ring (bicyclic) bond motifs is 1. The van der Waals surface area contributed by atoms with E-state index in [4.69, 9.17) is 13.0 Å². The van der Waals surface area contributed by atoms with Crippen molar-refractivity contribution in [3.8, 4) is 0 Å². The van der Waals surface area contributed by atoms with Gasteiger partial charge in [0.05, 0.1) is 10.5 Å². The van der Waals surface area contributed by atoms with Crippen LogP contribution in [0.3, 0.4) is 0 Å². The first kappa shape index (κ1) is 23.9. The normalized spacial score (nSPS) is 16.8. The summed E-state index contributed by atoms with van der Waals surface area (Å²) in [6.45, 7) is 2.05. The molecule has 164 valence electrons. The standard InChI is InChI=1S/C17H20F3S.CHF3O3S/c1-2-5-12-8-9-14-11-16(13-6-3-4-7-13)21(15(14)10-12)17(18,19)20;2-1(3,4)8(5,6)7/h8-11,13H,2-7H2,1H3;(H,5,6,7)/q+1;/p-1. The summed E-state index contributed by atoms with van der Waals surface area (Å²) < 4.78 is 100. The Morgan fingerprint density at radius 2 is 1.62 bits per heavy atom. The van der Waals surface area contributed by atoms with E-state index in [1.165, 1.54) is 0 Å². The van der Waals surface area contributed by atoms with E-state index in [9.17, 15) is 26.3 Å². The summed E-state index contributed by atoms with van der Waals surface area (Å²) >= 11 is 0. The molecule has 0 saturated heterocycles. The molecular formula is C18H20F6O3S2. The van der Waals surface area contributed by atoms with Crippen LogP contribution >= 0.6 is 10.5 Å². The van der Waals surface area contributed by atoms with Gasteiger partial charge in [0.2, 0.25) is 0 Å². The van der Waals surface area contributed by atoms with Crippen LogP contribution < -0.4 is 0 Å². The van der Waals surface area contributed by atoms with Gasteiger partial charge in [0, 0.05) is 23.4 Å². The summed E-state index contributed by atoms with van der Waals surface area (Å²) in [7, 11) is -7.79. The monoisotopic (exact) mass is 462 g/mol. The van der Waals surface area contributed by atoms with E-state index in [1.807, 2.05) is 18.2 Å². The second kappa shape index (κ2) is 8.81. The maximum Gasteiger partial charge on any atom is 0.600 e. The van der Waals surface area contributed by atoms with Crippen LogP contribution in [0.2, 0.25) is 0 Å². The molecule has 1 aliphatic rings. The van der Waals surface area contributed by atoms with Crippen molar-refractivity contribution in [3.63, 3.8) is 0 Å². The highest BCUT2D eigenvalue weighted by Crippen LogP contribution is 2.55. The smallest absolute Gasteiger partial charge is 0.600 e. The van der Waals surface area contributed by atoms with Gasteiger partial charge in [0.1, 0.15) is 0 Å². The molecule has 0 radical (unpaired) electrons. The molecule has 29 heavy (non-hydrogen) atoms. The molecule has 1 heterocycles. The Labute approximate surface area is 167 Å². The van der Waals surface area contributed by atoms with E-state index in [-0.39, 0.29) is 5.92 Å². The highest BCUT2D eigenvalue weighted by molar-refractivity contribution is 7.86. The zero-order valence-electron chi connectivity index (χ0n) is 15.4. The van der Waals surface area contributed by atoms with Gasteiger partial charge in [-0.05, 0) is 30.9 Å². The number of rotatable bonds is 3. The average molecular weight is 462 g/mol. The minimum Gasteiger partial charge on any atom is -0.741 e. The number of hydrogen-bond donors (Lipinski definition) is 0. The second-order valence-electron chi connectivity index (χ2n) is 6.80. The molecule has 1 aromatic carbocycles. The molecule has 1 saturated carbocycles. The minimum atomic E-state index is -6.09. The molecule has 0 bridgehead atoms. The molecule has 2 aromatic rings. The number of thiophene rings is 1. The molecule has 3 rings (SSSR count). The average Bonchev–Trinajstić information content (AvgIpc) is 3.20. The van der Waals surface area contributed by atoms with Gasteiger partial charge in [-0.25, -0.2) is 8.42 Å². The zero-order valence-corrected chi connectivity index (χ0v) is 17.1. The summed E-state index contributed by atoms with van der Waals surface area (Å²) in [5, 5.41) is 0.789. The number of aryl methyl sites for hydroxylation is 1. The van der Waals surface area contributed by atoms with Crippen LogP contribution in [-0.4, -0.2) is 18.5 Å². The maximum atomic E-state index is 13.6. The van der Waals surface area contributed by atoms with Gasteiger partial charge in [-0.2, -0.15) is 13.2 Å². The lowest BCUT2D eigenvalue weighted by molar-refractivity contribution is -0.0868. The Bertz CT molecular complexity index is 939. The fourth-order valence-corrected chi connectivity index (χ4v) is 5.63. The van der Waals surface area contributed by atoms with E-state index in [1.54, 1.807) is 6.07 Å². The van der Waals surface area contributed by atoms with Gasteiger partial charge >= 0.3 is 11.0 Å². The predicted molar refractivity (Wildman–Crippen MR) is 98.7 cm³/mol. The van der Waals surface area contributed by atoms with Gasteiger partial charge in [0.15, 0.2) is 19.7 Å². The summed E-state index contributed by atoms with van der Waals surface area (Å²) in [4.78, 5) is 0.642. The lowest BCUT2D eigenvalue weighted by atomic mass is 10.1. The number of hydrogen-bond acceptors (Lipinski definition) is 3. The fraction of sp³-hybridized carbons (Fsp3) is 0.556. The maximum absolute atomic E-state index is 13.6. The third-order valence-electron chi connectivity index (χ3n) is 4.64. The molecule has 3 nitrogen and oxygen atoms in total. The lowest BCUT2D eigenvalue weighted by Gasteiger charge is -2.08. The van der Waals surface area contributed by atoms with Crippen LogP contribution in [0.25, 0.3) is 10.1 Å². The molecular weight excluding hydrogens is 442 g/mol. The van der Waals surface area contributed by atoms with Gasteiger partial charge in [-0.15, -0.1) is 13.2 Å². The minimum absolute atomic E-state index is 0.136. The van der Waals surface area contributed by atoms with Crippen molar-refractivity contribution < 1.29 is 39.3 Å².